The maximum absolute atomic E-state index is 8.54. The highest BCUT2D eigenvalue weighted by Gasteiger charge is 1.81. The Bertz CT molecular complexity index is 150. The lowest BCUT2D eigenvalue weighted by Crippen LogP contribution is -1.77. The summed E-state index contributed by atoms with van der Waals surface area (Å²) in [5.41, 5.74) is 0.965. The first-order chi connectivity index (χ1) is 3.93. The lowest BCUT2D eigenvalue weighted by atomic mass is 10.2. The van der Waals surface area contributed by atoms with Gasteiger partial charge in [0.2, 0.25) is 0 Å². The summed E-state index contributed by atoms with van der Waals surface area (Å²) < 4.78 is 0. The first-order valence-electron chi connectivity index (χ1n) is 2.58. The molecule has 0 bridgehead atoms. The number of hydrogen-bond donors (Lipinski definition) is 1. The SMILES string of the molecule is OCc1ccccc1.[H+]. The largest absolute Gasteiger partial charge is 1.00 e. The van der Waals surface area contributed by atoms with Gasteiger partial charge in [-0.1, -0.05) is 30.3 Å². The number of hydrogen-bond acceptors (Lipinski definition) is 1. The number of aliphatic hydroxyl groups excluding tert-OH is 1. The van der Waals surface area contributed by atoms with E-state index in [-0.39, 0.29) is 8.03 Å². The lowest BCUT2D eigenvalue weighted by Gasteiger charge is -1.89. The van der Waals surface area contributed by atoms with Crippen LogP contribution in [0.15, 0.2) is 30.3 Å². The summed E-state index contributed by atoms with van der Waals surface area (Å²) in [6.07, 6.45) is 0. The molecule has 0 aliphatic carbocycles. The van der Waals surface area contributed by atoms with E-state index in [4.69, 9.17) is 5.11 Å². The Morgan fingerprint density at radius 3 is 2.25 bits per heavy atom. The van der Waals surface area contributed by atoms with Gasteiger partial charge in [0.1, 0.15) is 0 Å². The molecule has 0 amide bonds. The molecule has 1 N–H and O–H groups in total. The quantitative estimate of drug-likeness (QED) is 0.576. The molecule has 0 radical (unpaired) electrons. The van der Waals surface area contributed by atoms with E-state index >= 15 is 0 Å². The van der Waals surface area contributed by atoms with Crippen LogP contribution >= 0.6 is 0 Å². The van der Waals surface area contributed by atoms with Crippen LogP contribution in [0, 0.1) is 0 Å². The molecule has 0 aromatic heterocycles. The normalized spacial score (nSPS) is 9.12. The third kappa shape index (κ3) is 1.07. The van der Waals surface area contributed by atoms with Gasteiger partial charge in [0.25, 0.3) is 0 Å². The highest BCUT2D eigenvalue weighted by atomic mass is 16.3. The number of aliphatic hydroxyl groups is 1. The average Bonchev–Trinajstić information content (AvgIpc) is 1.90. The molecular formula is C7H9O+. The minimum Gasteiger partial charge on any atom is -0.392 e. The van der Waals surface area contributed by atoms with Crippen LogP contribution in [-0.2, 0) is 6.61 Å². The van der Waals surface area contributed by atoms with Crippen molar-refractivity contribution in [3.05, 3.63) is 35.9 Å². The maximum atomic E-state index is 8.54. The molecular weight excluding hydrogens is 100 g/mol. The fourth-order valence-electron chi connectivity index (χ4n) is 0.583. The smallest absolute Gasteiger partial charge is 0.392 e. The zero-order valence-electron chi connectivity index (χ0n) is 5.54. The van der Waals surface area contributed by atoms with Gasteiger partial charge < -0.3 is 5.11 Å². The Hall–Kier alpha value is -0.820. The molecule has 0 saturated carbocycles. The van der Waals surface area contributed by atoms with Gasteiger partial charge >= 0.3 is 1.43 Å². The fourth-order valence-corrected chi connectivity index (χ4v) is 0.583. The molecule has 0 heterocycles. The molecule has 42 valence electrons. The van der Waals surface area contributed by atoms with Crippen molar-refractivity contribution in [2.45, 2.75) is 6.61 Å². The van der Waals surface area contributed by atoms with Gasteiger partial charge in [-0.3, -0.25) is 0 Å². The molecule has 0 aliphatic heterocycles. The van der Waals surface area contributed by atoms with Crippen LogP contribution < -0.4 is 0 Å². The van der Waals surface area contributed by atoms with Crippen LogP contribution in [0.2, 0.25) is 0 Å². The maximum Gasteiger partial charge on any atom is 1.00 e. The third-order valence-corrected chi connectivity index (χ3v) is 1.03. The van der Waals surface area contributed by atoms with E-state index in [1.807, 2.05) is 30.3 Å². The Morgan fingerprint density at radius 2 is 1.88 bits per heavy atom. The van der Waals surface area contributed by atoms with Crippen LogP contribution in [0.3, 0.4) is 0 Å². The molecule has 1 aromatic carbocycles. The molecule has 0 fully saturated rings. The van der Waals surface area contributed by atoms with Gasteiger partial charge in [-0.25, -0.2) is 0 Å². The van der Waals surface area contributed by atoms with E-state index in [0.717, 1.165) is 5.56 Å². The predicted octanol–water partition coefficient (Wildman–Crippen LogP) is 1.29. The average molecular weight is 109 g/mol. The van der Waals surface area contributed by atoms with Crippen LogP contribution in [0.25, 0.3) is 0 Å². The van der Waals surface area contributed by atoms with Crippen LogP contribution in [-0.4, -0.2) is 5.11 Å². The molecule has 0 unspecified atom stereocenters. The molecule has 1 nitrogen and oxygen atoms in total. The number of benzene rings is 1. The van der Waals surface area contributed by atoms with E-state index in [0.29, 0.717) is 0 Å². The zero-order chi connectivity index (χ0) is 5.82. The standard InChI is InChI=1S/C7H8O/c8-6-7-4-2-1-3-5-7/h1-5,8H,6H2/p+1. The van der Waals surface area contributed by atoms with Crippen molar-refractivity contribution in [2.24, 2.45) is 0 Å². The Labute approximate surface area is 50.1 Å². The van der Waals surface area contributed by atoms with Crippen molar-refractivity contribution in [3.8, 4) is 0 Å². The van der Waals surface area contributed by atoms with Gasteiger partial charge in [-0.05, 0) is 5.56 Å². The van der Waals surface area contributed by atoms with Crippen LogP contribution in [0.4, 0.5) is 0 Å². The molecule has 0 spiro atoms. The Kier molecular flexibility index (Phi) is 1.65. The van der Waals surface area contributed by atoms with Gasteiger partial charge in [0.15, 0.2) is 0 Å². The van der Waals surface area contributed by atoms with Crippen LogP contribution in [0.5, 0.6) is 0 Å². The summed E-state index contributed by atoms with van der Waals surface area (Å²) in [7, 11) is 0. The lowest BCUT2D eigenvalue weighted by molar-refractivity contribution is 0.282. The molecule has 0 saturated heterocycles. The second-order valence-corrected chi connectivity index (χ2v) is 1.64. The van der Waals surface area contributed by atoms with E-state index in [2.05, 4.69) is 0 Å². The first kappa shape index (κ1) is 5.32. The summed E-state index contributed by atoms with van der Waals surface area (Å²) in [6, 6.07) is 9.52. The van der Waals surface area contributed by atoms with Gasteiger partial charge in [0, 0.05) is 0 Å². The van der Waals surface area contributed by atoms with E-state index in [9.17, 15) is 0 Å². The summed E-state index contributed by atoms with van der Waals surface area (Å²) in [4.78, 5) is 0. The fraction of sp³-hybridized carbons (Fsp3) is 0.143. The van der Waals surface area contributed by atoms with E-state index < -0.39 is 0 Å². The summed E-state index contributed by atoms with van der Waals surface area (Å²) >= 11 is 0. The summed E-state index contributed by atoms with van der Waals surface area (Å²) in [5.74, 6) is 0. The van der Waals surface area contributed by atoms with Crippen molar-refractivity contribution in [1.82, 2.24) is 0 Å². The molecule has 0 aliphatic rings. The highest BCUT2D eigenvalue weighted by molar-refractivity contribution is 5.12. The zero-order valence-corrected chi connectivity index (χ0v) is 4.54. The topological polar surface area (TPSA) is 20.2 Å². The van der Waals surface area contributed by atoms with Gasteiger partial charge in [-0.2, -0.15) is 0 Å². The second-order valence-electron chi connectivity index (χ2n) is 1.64. The minimum atomic E-state index is 0. The van der Waals surface area contributed by atoms with Gasteiger partial charge in [0.05, 0.1) is 6.61 Å². The monoisotopic (exact) mass is 109 g/mol. The minimum absolute atomic E-state index is 0. The molecule has 1 rings (SSSR count). The second kappa shape index (κ2) is 2.48. The predicted molar refractivity (Wildman–Crippen MR) is 33.5 cm³/mol. The summed E-state index contributed by atoms with van der Waals surface area (Å²) in [5, 5.41) is 8.54. The van der Waals surface area contributed by atoms with Gasteiger partial charge in [-0.15, -0.1) is 0 Å². The van der Waals surface area contributed by atoms with Crippen molar-refractivity contribution in [2.75, 3.05) is 0 Å². The van der Waals surface area contributed by atoms with Crippen LogP contribution in [0.1, 0.15) is 6.99 Å². The molecule has 1 aromatic rings. The highest BCUT2D eigenvalue weighted by Crippen LogP contribution is 1.95. The number of rotatable bonds is 1. The molecule has 1 heteroatoms. The van der Waals surface area contributed by atoms with Crippen molar-refractivity contribution in [1.29, 1.82) is 0 Å². The summed E-state index contributed by atoms with van der Waals surface area (Å²) in [6.45, 7) is 0.140. The van der Waals surface area contributed by atoms with E-state index in [1.54, 1.807) is 0 Å². The third-order valence-electron chi connectivity index (χ3n) is 1.03. The van der Waals surface area contributed by atoms with Crippen molar-refractivity contribution < 1.29 is 6.53 Å². The molecule has 0 atom stereocenters. The Morgan fingerprint density at radius 1 is 1.25 bits per heavy atom. The molecule has 8 heavy (non-hydrogen) atoms. The van der Waals surface area contributed by atoms with E-state index in [1.165, 1.54) is 0 Å². The Balaban J connectivity index is 0.000000640. The van der Waals surface area contributed by atoms with Crippen molar-refractivity contribution >= 4 is 0 Å². The van der Waals surface area contributed by atoms with Crippen molar-refractivity contribution in [3.63, 3.8) is 0 Å². The first-order valence-corrected chi connectivity index (χ1v) is 2.58.